The molecule has 9 nitrogen and oxygen atoms in total. The summed E-state index contributed by atoms with van der Waals surface area (Å²) in [6.45, 7) is 6.98. The lowest BCUT2D eigenvalue weighted by molar-refractivity contribution is 0.0276. The van der Waals surface area contributed by atoms with Crippen molar-refractivity contribution in [3.05, 3.63) is 41.3 Å². The summed E-state index contributed by atoms with van der Waals surface area (Å²) in [6, 6.07) is 5.60. The Bertz CT molecular complexity index is 1020. The molecule has 4 heterocycles. The van der Waals surface area contributed by atoms with Crippen LogP contribution < -0.4 is 0 Å². The van der Waals surface area contributed by atoms with Gasteiger partial charge in [-0.15, -0.1) is 0 Å². The van der Waals surface area contributed by atoms with Crippen molar-refractivity contribution < 1.29 is 14.3 Å². The SMILES string of the molecule is CC(C)(C)OC(=O)N1CC[C@@H](N2Cc3ccc(-n4cc(C#N)cn4)nc3C2=O)C1. The van der Waals surface area contributed by atoms with Crippen molar-refractivity contribution >= 4 is 12.0 Å². The number of nitrogens with zero attached hydrogens (tertiary/aromatic N) is 6. The number of likely N-dealkylation sites (tertiary alicyclic amines) is 1. The summed E-state index contributed by atoms with van der Waals surface area (Å²) in [5.41, 5.74) is 1.12. The van der Waals surface area contributed by atoms with Crippen molar-refractivity contribution in [3.8, 4) is 11.9 Å². The summed E-state index contributed by atoms with van der Waals surface area (Å²) in [6.07, 6.45) is 3.38. The molecule has 29 heavy (non-hydrogen) atoms. The molecule has 2 aromatic heterocycles. The smallest absolute Gasteiger partial charge is 0.410 e. The Morgan fingerprint density at radius 3 is 2.83 bits per heavy atom. The van der Waals surface area contributed by atoms with Crippen LogP contribution in [0.25, 0.3) is 5.82 Å². The van der Waals surface area contributed by atoms with E-state index in [9.17, 15) is 9.59 Å². The van der Waals surface area contributed by atoms with Gasteiger partial charge in [0, 0.05) is 25.2 Å². The molecule has 150 valence electrons. The van der Waals surface area contributed by atoms with Crippen LogP contribution in [0, 0.1) is 11.3 Å². The molecule has 2 aromatic rings. The van der Waals surface area contributed by atoms with Gasteiger partial charge in [0.2, 0.25) is 0 Å². The Hall–Kier alpha value is -3.41. The largest absolute Gasteiger partial charge is 0.444 e. The van der Waals surface area contributed by atoms with Crippen molar-refractivity contribution in [2.75, 3.05) is 13.1 Å². The highest BCUT2D eigenvalue weighted by atomic mass is 16.6. The van der Waals surface area contributed by atoms with E-state index in [-0.39, 0.29) is 18.0 Å². The average Bonchev–Trinajstić information content (AvgIpc) is 3.38. The summed E-state index contributed by atoms with van der Waals surface area (Å²) in [5, 5.41) is 13.1. The van der Waals surface area contributed by atoms with Crippen molar-refractivity contribution in [2.45, 2.75) is 45.4 Å². The van der Waals surface area contributed by atoms with Gasteiger partial charge in [-0.2, -0.15) is 10.4 Å². The molecule has 0 bridgehead atoms. The standard InChI is InChI=1S/C20H22N6O3/c1-20(2,3)29-19(28)24-7-6-15(12-24)25-11-14-4-5-16(23-17(14)18(25)27)26-10-13(8-21)9-22-26/h4-5,9-10,15H,6-7,11-12H2,1-3H3/t15-/m1/s1. The molecule has 1 saturated heterocycles. The number of hydrogen-bond donors (Lipinski definition) is 0. The van der Waals surface area contributed by atoms with E-state index < -0.39 is 5.60 Å². The fourth-order valence-corrected chi connectivity index (χ4v) is 3.60. The van der Waals surface area contributed by atoms with Crippen LogP contribution in [0.1, 0.15) is 48.8 Å². The van der Waals surface area contributed by atoms with Crippen molar-refractivity contribution in [1.29, 1.82) is 5.26 Å². The van der Waals surface area contributed by atoms with Gasteiger partial charge in [0.1, 0.15) is 17.4 Å². The summed E-state index contributed by atoms with van der Waals surface area (Å²) in [5.74, 6) is 0.341. The van der Waals surface area contributed by atoms with E-state index >= 15 is 0 Å². The highest BCUT2D eigenvalue weighted by molar-refractivity contribution is 5.97. The Morgan fingerprint density at radius 1 is 1.34 bits per heavy atom. The molecule has 1 atom stereocenters. The Balaban J connectivity index is 1.48. The lowest BCUT2D eigenvalue weighted by Crippen LogP contribution is -2.40. The molecule has 2 aliphatic rings. The van der Waals surface area contributed by atoms with Crippen LogP contribution in [0.2, 0.25) is 0 Å². The number of carbonyl (C=O) groups is 2. The van der Waals surface area contributed by atoms with Crippen LogP contribution in [-0.4, -0.2) is 61.3 Å². The Kier molecular flexibility index (Phi) is 4.49. The van der Waals surface area contributed by atoms with E-state index in [1.165, 1.54) is 10.9 Å². The molecule has 0 N–H and O–H groups in total. The third kappa shape index (κ3) is 3.66. The predicted octanol–water partition coefficient (Wildman–Crippen LogP) is 2.10. The van der Waals surface area contributed by atoms with E-state index in [4.69, 9.17) is 10.00 Å². The van der Waals surface area contributed by atoms with Gasteiger partial charge < -0.3 is 14.5 Å². The molecule has 4 rings (SSSR count). The molecule has 0 radical (unpaired) electrons. The van der Waals surface area contributed by atoms with Crippen molar-refractivity contribution in [3.63, 3.8) is 0 Å². The number of ether oxygens (including phenoxy) is 1. The first-order valence-electron chi connectivity index (χ1n) is 9.49. The second-order valence-electron chi connectivity index (χ2n) is 8.26. The first-order chi connectivity index (χ1) is 13.7. The predicted molar refractivity (Wildman–Crippen MR) is 102 cm³/mol. The third-order valence-corrected chi connectivity index (χ3v) is 4.97. The number of pyridine rings is 1. The van der Waals surface area contributed by atoms with E-state index in [1.54, 1.807) is 22.1 Å². The molecule has 1 fully saturated rings. The van der Waals surface area contributed by atoms with Crippen LogP contribution in [0.5, 0.6) is 0 Å². The summed E-state index contributed by atoms with van der Waals surface area (Å²) in [7, 11) is 0. The van der Waals surface area contributed by atoms with Crippen LogP contribution in [0.15, 0.2) is 24.5 Å². The maximum absolute atomic E-state index is 13.0. The lowest BCUT2D eigenvalue weighted by atomic mass is 10.2. The second-order valence-corrected chi connectivity index (χ2v) is 8.26. The highest BCUT2D eigenvalue weighted by Crippen LogP contribution is 2.28. The molecule has 2 amide bonds. The van der Waals surface area contributed by atoms with Crippen LogP contribution in [0.4, 0.5) is 4.79 Å². The number of rotatable bonds is 2. The Labute approximate surface area is 168 Å². The summed E-state index contributed by atoms with van der Waals surface area (Å²) in [4.78, 5) is 33.2. The van der Waals surface area contributed by atoms with E-state index in [2.05, 4.69) is 10.1 Å². The third-order valence-electron chi connectivity index (χ3n) is 4.97. The fraction of sp³-hybridized carbons (Fsp3) is 0.450. The van der Waals surface area contributed by atoms with Gasteiger partial charge in [-0.3, -0.25) is 4.79 Å². The van der Waals surface area contributed by atoms with E-state index in [1.807, 2.05) is 32.9 Å². The van der Waals surface area contributed by atoms with Gasteiger partial charge >= 0.3 is 6.09 Å². The number of hydrogen-bond acceptors (Lipinski definition) is 6. The molecular weight excluding hydrogens is 372 g/mol. The lowest BCUT2D eigenvalue weighted by Gasteiger charge is -2.26. The number of fused-ring (bicyclic) bond motifs is 1. The number of amides is 2. The molecule has 0 aromatic carbocycles. The molecule has 0 unspecified atom stereocenters. The van der Waals surface area contributed by atoms with E-state index in [0.29, 0.717) is 43.1 Å². The zero-order valence-electron chi connectivity index (χ0n) is 16.6. The molecule has 9 heteroatoms. The zero-order valence-corrected chi connectivity index (χ0v) is 16.6. The topological polar surface area (TPSA) is 104 Å². The first kappa shape index (κ1) is 18.9. The Morgan fingerprint density at radius 2 is 2.14 bits per heavy atom. The van der Waals surface area contributed by atoms with E-state index in [0.717, 1.165) is 5.56 Å². The van der Waals surface area contributed by atoms with Crippen LogP contribution in [0.3, 0.4) is 0 Å². The maximum Gasteiger partial charge on any atom is 0.410 e. The maximum atomic E-state index is 13.0. The minimum absolute atomic E-state index is 0.0671. The summed E-state index contributed by atoms with van der Waals surface area (Å²) >= 11 is 0. The fourth-order valence-electron chi connectivity index (χ4n) is 3.60. The van der Waals surface area contributed by atoms with Crippen molar-refractivity contribution in [2.24, 2.45) is 0 Å². The number of carbonyl (C=O) groups excluding carboxylic acids is 2. The number of aromatic nitrogens is 3. The molecule has 2 aliphatic heterocycles. The van der Waals surface area contributed by atoms with Gasteiger partial charge in [-0.1, -0.05) is 6.07 Å². The minimum Gasteiger partial charge on any atom is -0.444 e. The molecule has 0 spiro atoms. The van der Waals surface area contributed by atoms with Crippen LogP contribution >= 0.6 is 0 Å². The van der Waals surface area contributed by atoms with Crippen LogP contribution in [-0.2, 0) is 11.3 Å². The zero-order chi connectivity index (χ0) is 20.8. The number of nitriles is 1. The minimum atomic E-state index is -0.549. The first-order valence-corrected chi connectivity index (χ1v) is 9.49. The normalized spacial score (nSPS) is 18.7. The van der Waals surface area contributed by atoms with Gasteiger partial charge in [-0.05, 0) is 33.3 Å². The van der Waals surface area contributed by atoms with Gasteiger partial charge in [0.15, 0.2) is 5.82 Å². The average molecular weight is 394 g/mol. The summed E-state index contributed by atoms with van der Waals surface area (Å²) < 4.78 is 6.92. The molecule has 0 saturated carbocycles. The quantitative estimate of drug-likeness (QED) is 0.773. The van der Waals surface area contributed by atoms with Gasteiger partial charge in [0.25, 0.3) is 5.91 Å². The molecular formula is C20H22N6O3. The molecule has 0 aliphatic carbocycles. The second kappa shape index (κ2) is 6.88. The van der Waals surface area contributed by atoms with Gasteiger partial charge in [0.05, 0.1) is 24.0 Å². The highest BCUT2D eigenvalue weighted by Gasteiger charge is 2.39. The monoisotopic (exact) mass is 394 g/mol. The van der Waals surface area contributed by atoms with Gasteiger partial charge in [-0.25, -0.2) is 14.5 Å². The van der Waals surface area contributed by atoms with Crippen molar-refractivity contribution in [1.82, 2.24) is 24.6 Å².